The van der Waals surface area contributed by atoms with E-state index in [-0.39, 0.29) is 5.41 Å². The SMILES string of the molecule is CC1(C)c2ccccc2-c2c(N(c3ccc(-c4ccc5ccccc5c4)cc3)c3ccc(-c4cccc5c4ccc4ccccc45)cc3)cccc21. The number of fused-ring (bicyclic) bond motifs is 7. The summed E-state index contributed by atoms with van der Waals surface area (Å²) < 4.78 is 0. The topological polar surface area (TPSA) is 3.24 Å². The average molecular weight is 664 g/mol. The van der Waals surface area contributed by atoms with Crippen molar-refractivity contribution in [1.29, 1.82) is 0 Å². The van der Waals surface area contributed by atoms with Crippen LogP contribution in [0.2, 0.25) is 0 Å². The van der Waals surface area contributed by atoms with Crippen molar-refractivity contribution < 1.29 is 0 Å². The molecular formula is C51H37N. The minimum absolute atomic E-state index is 0.0874. The average Bonchev–Trinajstić information content (AvgIpc) is 3.44. The van der Waals surface area contributed by atoms with Crippen LogP contribution in [0, 0.1) is 0 Å². The van der Waals surface area contributed by atoms with Gasteiger partial charge in [-0.2, -0.15) is 0 Å². The largest absolute Gasteiger partial charge is 0.310 e. The van der Waals surface area contributed by atoms with Crippen molar-refractivity contribution in [3.8, 4) is 33.4 Å². The smallest absolute Gasteiger partial charge is 0.0543 e. The van der Waals surface area contributed by atoms with Crippen LogP contribution in [0.3, 0.4) is 0 Å². The van der Waals surface area contributed by atoms with Gasteiger partial charge in [-0.25, -0.2) is 0 Å². The van der Waals surface area contributed by atoms with Gasteiger partial charge in [0.15, 0.2) is 0 Å². The predicted octanol–water partition coefficient (Wildman–Crippen LogP) is 14.3. The van der Waals surface area contributed by atoms with Crippen LogP contribution in [-0.4, -0.2) is 0 Å². The van der Waals surface area contributed by atoms with Gasteiger partial charge in [-0.3, -0.25) is 0 Å². The molecule has 246 valence electrons. The van der Waals surface area contributed by atoms with Crippen molar-refractivity contribution in [1.82, 2.24) is 0 Å². The van der Waals surface area contributed by atoms with E-state index in [4.69, 9.17) is 0 Å². The number of anilines is 3. The first-order valence-electron chi connectivity index (χ1n) is 18.2. The van der Waals surface area contributed by atoms with Gasteiger partial charge in [0.2, 0.25) is 0 Å². The lowest BCUT2D eigenvalue weighted by Gasteiger charge is -2.29. The lowest BCUT2D eigenvalue weighted by molar-refractivity contribution is 0.660. The Labute approximate surface area is 305 Å². The van der Waals surface area contributed by atoms with Crippen molar-refractivity contribution in [2.24, 2.45) is 0 Å². The molecule has 0 aromatic heterocycles. The monoisotopic (exact) mass is 663 g/mol. The zero-order valence-corrected chi connectivity index (χ0v) is 29.3. The fourth-order valence-corrected chi connectivity index (χ4v) is 8.60. The maximum absolute atomic E-state index is 2.45. The summed E-state index contributed by atoms with van der Waals surface area (Å²) in [5.41, 5.74) is 13.6. The molecule has 0 heterocycles. The van der Waals surface area contributed by atoms with Crippen LogP contribution in [0.25, 0.3) is 65.7 Å². The zero-order chi connectivity index (χ0) is 34.8. The van der Waals surface area contributed by atoms with Crippen LogP contribution in [0.4, 0.5) is 17.1 Å². The first kappa shape index (κ1) is 30.4. The number of nitrogens with zero attached hydrogens (tertiary/aromatic N) is 1. The second-order valence-electron chi connectivity index (χ2n) is 14.5. The Bertz CT molecular complexity index is 2810. The Morgan fingerprint density at radius 3 is 1.75 bits per heavy atom. The second-order valence-corrected chi connectivity index (χ2v) is 14.5. The minimum atomic E-state index is -0.0874. The van der Waals surface area contributed by atoms with Crippen LogP contribution in [0.15, 0.2) is 188 Å². The molecule has 9 aromatic rings. The normalized spacial score (nSPS) is 13.0. The highest BCUT2D eigenvalue weighted by Gasteiger charge is 2.37. The summed E-state index contributed by atoms with van der Waals surface area (Å²) in [5, 5.41) is 7.63. The van der Waals surface area contributed by atoms with E-state index in [9.17, 15) is 0 Å². The first-order valence-corrected chi connectivity index (χ1v) is 18.2. The zero-order valence-electron chi connectivity index (χ0n) is 29.3. The molecule has 52 heavy (non-hydrogen) atoms. The van der Waals surface area contributed by atoms with E-state index in [0.29, 0.717) is 0 Å². The Balaban J connectivity index is 1.12. The highest BCUT2D eigenvalue weighted by Crippen LogP contribution is 2.54. The molecule has 0 unspecified atom stereocenters. The Kier molecular flexibility index (Phi) is 6.91. The van der Waals surface area contributed by atoms with Gasteiger partial charge in [-0.1, -0.05) is 166 Å². The molecule has 1 heteroatoms. The fraction of sp³-hybridized carbons (Fsp3) is 0.0588. The summed E-state index contributed by atoms with van der Waals surface area (Å²) in [6.07, 6.45) is 0. The van der Waals surface area contributed by atoms with E-state index in [1.807, 2.05) is 0 Å². The third-order valence-corrected chi connectivity index (χ3v) is 11.3. The van der Waals surface area contributed by atoms with Crippen LogP contribution in [0.5, 0.6) is 0 Å². The maximum Gasteiger partial charge on any atom is 0.0543 e. The number of rotatable bonds is 5. The molecule has 0 N–H and O–H groups in total. The molecule has 0 spiro atoms. The molecule has 9 aromatic carbocycles. The quantitative estimate of drug-likeness (QED) is 0.166. The molecule has 0 aliphatic heterocycles. The molecule has 0 bridgehead atoms. The molecule has 0 atom stereocenters. The summed E-state index contributed by atoms with van der Waals surface area (Å²) in [7, 11) is 0. The molecule has 0 amide bonds. The van der Waals surface area contributed by atoms with E-state index in [0.717, 1.165) is 11.4 Å². The van der Waals surface area contributed by atoms with E-state index in [2.05, 4.69) is 207 Å². The van der Waals surface area contributed by atoms with Crippen molar-refractivity contribution in [3.05, 3.63) is 199 Å². The molecule has 1 nitrogen and oxygen atoms in total. The van der Waals surface area contributed by atoms with Gasteiger partial charge < -0.3 is 4.90 Å². The van der Waals surface area contributed by atoms with E-state index in [1.54, 1.807) is 0 Å². The van der Waals surface area contributed by atoms with Gasteiger partial charge in [0.25, 0.3) is 0 Å². The standard InChI is InChI=1S/C51H37N/c1-51(2)47-18-8-7-15-46(47)50-48(51)19-10-20-49(50)52(40-28-23-35(24-29-40)39-22-21-34-11-3-4-13-38(34)33-39)41-30-25-37(26-31-41)43-16-9-17-44-42-14-6-5-12-36(42)27-32-45(43)44/h3-33H,1-2H3. The van der Waals surface area contributed by atoms with Gasteiger partial charge in [0, 0.05) is 22.4 Å². The Hall–Kier alpha value is -6.44. The van der Waals surface area contributed by atoms with Gasteiger partial charge in [0.05, 0.1) is 5.69 Å². The lowest BCUT2D eigenvalue weighted by Crippen LogP contribution is -2.16. The summed E-state index contributed by atoms with van der Waals surface area (Å²) >= 11 is 0. The molecule has 1 aliphatic rings. The van der Waals surface area contributed by atoms with Gasteiger partial charge in [-0.05, 0) is 108 Å². The molecular weight excluding hydrogens is 627 g/mol. The van der Waals surface area contributed by atoms with Gasteiger partial charge in [0.1, 0.15) is 0 Å². The fourth-order valence-electron chi connectivity index (χ4n) is 8.60. The summed E-state index contributed by atoms with van der Waals surface area (Å²) in [5.74, 6) is 0. The molecule has 0 saturated carbocycles. The molecule has 0 saturated heterocycles. The number of hydrogen-bond donors (Lipinski definition) is 0. The summed E-state index contributed by atoms with van der Waals surface area (Å²) in [6.45, 7) is 4.71. The second kappa shape index (κ2) is 11.8. The Morgan fingerprint density at radius 2 is 0.942 bits per heavy atom. The molecule has 1 aliphatic carbocycles. The number of benzene rings is 9. The molecule has 10 rings (SSSR count). The van der Waals surface area contributed by atoms with Gasteiger partial charge in [-0.15, -0.1) is 0 Å². The van der Waals surface area contributed by atoms with Gasteiger partial charge >= 0.3 is 0 Å². The maximum atomic E-state index is 2.45. The summed E-state index contributed by atoms with van der Waals surface area (Å²) in [6, 6.07) is 69.2. The van der Waals surface area contributed by atoms with Crippen LogP contribution in [-0.2, 0) is 5.41 Å². The predicted molar refractivity (Wildman–Crippen MR) is 222 cm³/mol. The lowest BCUT2D eigenvalue weighted by atomic mass is 9.82. The third-order valence-electron chi connectivity index (χ3n) is 11.3. The van der Waals surface area contributed by atoms with Crippen molar-refractivity contribution >= 4 is 49.4 Å². The van der Waals surface area contributed by atoms with Crippen molar-refractivity contribution in [2.45, 2.75) is 19.3 Å². The van der Waals surface area contributed by atoms with Crippen molar-refractivity contribution in [2.75, 3.05) is 4.90 Å². The van der Waals surface area contributed by atoms with E-state index in [1.165, 1.54) is 82.5 Å². The minimum Gasteiger partial charge on any atom is -0.310 e. The first-order chi connectivity index (χ1) is 25.5. The molecule has 0 fully saturated rings. The number of hydrogen-bond acceptors (Lipinski definition) is 1. The van der Waals surface area contributed by atoms with Crippen LogP contribution in [0.1, 0.15) is 25.0 Å². The van der Waals surface area contributed by atoms with Crippen LogP contribution >= 0.6 is 0 Å². The highest BCUT2D eigenvalue weighted by atomic mass is 15.1. The Morgan fingerprint density at radius 1 is 0.365 bits per heavy atom. The highest BCUT2D eigenvalue weighted by molar-refractivity contribution is 6.12. The summed E-state index contributed by atoms with van der Waals surface area (Å²) in [4.78, 5) is 2.45. The van der Waals surface area contributed by atoms with Crippen LogP contribution < -0.4 is 4.90 Å². The van der Waals surface area contributed by atoms with E-state index < -0.39 is 0 Å². The third kappa shape index (κ3) is 4.77. The van der Waals surface area contributed by atoms with E-state index >= 15 is 0 Å². The van der Waals surface area contributed by atoms with Crippen molar-refractivity contribution in [3.63, 3.8) is 0 Å². The molecule has 0 radical (unpaired) electrons.